The van der Waals surface area contributed by atoms with Crippen molar-refractivity contribution in [3.63, 3.8) is 0 Å². The van der Waals surface area contributed by atoms with E-state index in [1.54, 1.807) is 25.3 Å². The first-order valence-corrected chi connectivity index (χ1v) is 9.31. The molecule has 0 amide bonds. The number of hydrogen-bond acceptors (Lipinski definition) is 5. The van der Waals surface area contributed by atoms with Crippen LogP contribution in [0.5, 0.6) is 0 Å². The lowest BCUT2D eigenvalue weighted by Crippen LogP contribution is -2.30. The highest BCUT2D eigenvalue weighted by atomic mass is 35.5. The summed E-state index contributed by atoms with van der Waals surface area (Å²) in [4.78, 5) is 5.51. The topological polar surface area (TPSA) is 68.1 Å². The maximum Gasteiger partial charge on any atom is 0.248 e. The van der Waals surface area contributed by atoms with Crippen molar-refractivity contribution < 1.29 is 8.42 Å². The van der Waals surface area contributed by atoms with Gasteiger partial charge < -0.3 is 0 Å². The highest BCUT2D eigenvalue weighted by Gasteiger charge is 2.33. The maximum absolute atomic E-state index is 12.9. The van der Waals surface area contributed by atoms with E-state index in [-0.39, 0.29) is 16.1 Å². The Morgan fingerprint density at radius 1 is 1.32 bits per heavy atom. The summed E-state index contributed by atoms with van der Waals surface area (Å²) in [7, 11) is -0.596. The number of thiazole rings is 1. The molecule has 6 nitrogen and oxygen atoms in total. The molecule has 0 bridgehead atoms. The molecule has 2 aromatic heterocycles. The summed E-state index contributed by atoms with van der Waals surface area (Å²) >= 11 is 7.67. The van der Waals surface area contributed by atoms with Gasteiger partial charge >= 0.3 is 0 Å². The average molecular weight is 363 g/mol. The maximum atomic E-state index is 12.9. The van der Waals surface area contributed by atoms with Gasteiger partial charge in [0.1, 0.15) is 10.0 Å². The zero-order valence-electron chi connectivity index (χ0n) is 13.4. The lowest BCUT2D eigenvalue weighted by molar-refractivity contribution is 0.391. The third kappa shape index (κ3) is 2.80. The number of aryl methyl sites for hydroxylation is 4. The standard InChI is InChI=1S/C13H19ClN4O2S2/c1-7-12(13(14)17(5)16-7)22(19,20)18(6)8(2)11-9(3)21-10(4)15-11/h8H,1-6H3. The number of rotatable bonds is 4. The molecular weight excluding hydrogens is 344 g/mol. The molecule has 9 heteroatoms. The summed E-state index contributed by atoms with van der Waals surface area (Å²) in [6.07, 6.45) is 0. The van der Waals surface area contributed by atoms with Gasteiger partial charge in [0.25, 0.3) is 0 Å². The Morgan fingerprint density at radius 2 is 1.91 bits per heavy atom. The van der Waals surface area contributed by atoms with Crippen molar-refractivity contribution in [2.45, 2.75) is 38.6 Å². The average Bonchev–Trinajstić information content (AvgIpc) is 2.87. The SMILES string of the molecule is Cc1nc(C(C)N(C)S(=O)(=O)c2c(C)nn(C)c2Cl)c(C)s1. The zero-order chi connectivity index (χ0) is 16.8. The van der Waals surface area contributed by atoms with Gasteiger partial charge in [-0.2, -0.15) is 9.40 Å². The van der Waals surface area contributed by atoms with Gasteiger partial charge in [-0.1, -0.05) is 11.6 Å². The first kappa shape index (κ1) is 17.4. The van der Waals surface area contributed by atoms with Crippen LogP contribution in [0, 0.1) is 20.8 Å². The number of halogens is 1. The molecule has 0 aromatic carbocycles. The van der Waals surface area contributed by atoms with Gasteiger partial charge in [-0.3, -0.25) is 4.68 Å². The molecule has 1 atom stereocenters. The zero-order valence-corrected chi connectivity index (χ0v) is 15.8. The second-order valence-electron chi connectivity index (χ2n) is 5.20. The predicted octanol–water partition coefficient (Wildman–Crippen LogP) is 2.84. The van der Waals surface area contributed by atoms with Crippen LogP contribution in [0.1, 0.15) is 34.2 Å². The van der Waals surface area contributed by atoms with Crippen molar-refractivity contribution in [2.24, 2.45) is 7.05 Å². The largest absolute Gasteiger partial charge is 0.255 e. The normalized spacial score (nSPS) is 13.8. The molecule has 2 rings (SSSR count). The molecule has 0 radical (unpaired) electrons. The minimum absolute atomic E-state index is 0.0515. The van der Waals surface area contributed by atoms with Gasteiger partial charge in [-0.25, -0.2) is 13.4 Å². The van der Waals surface area contributed by atoms with E-state index in [1.165, 1.54) is 16.0 Å². The smallest absolute Gasteiger partial charge is 0.248 e. The highest BCUT2D eigenvalue weighted by molar-refractivity contribution is 7.89. The fraction of sp³-hybridized carbons (Fsp3) is 0.538. The Bertz CT molecular complexity index is 810. The van der Waals surface area contributed by atoms with Crippen molar-refractivity contribution in [3.05, 3.63) is 26.4 Å². The number of nitrogens with zero attached hydrogens (tertiary/aromatic N) is 4. The summed E-state index contributed by atoms with van der Waals surface area (Å²) in [5.74, 6) is 0. The molecule has 0 saturated heterocycles. The first-order valence-electron chi connectivity index (χ1n) is 6.68. The van der Waals surface area contributed by atoms with E-state index in [0.717, 1.165) is 15.6 Å². The second kappa shape index (κ2) is 5.92. The van der Waals surface area contributed by atoms with Gasteiger partial charge in [0, 0.05) is 19.0 Å². The summed E-state index contributed by atoms with van der Waals surface area (Å²) in [6.45, 7) is 7.30. The van der Waals surface area contributed by atoms with Crippen LogP contribution < -0.4 is 0 Å². The van der Waals surface area contributed by atoms with E-state index in [9.17, 15) is 8.42 Å². The first-order chi connectivity index (χ1) is 10.1. The van der Waals surface area contributed by atoms with Crippen LogP contribution in [-0.4, -0.2) is 34.5 Å². The van der Waals surface area contributed by atoms with Gasteiger partial charge in [0.05, 0.1) is 22.4 Å². The molecule has 0 aliphatic carbocycles. The van der Waals surface area contributed by atoms with Gasteiger partial charge in [-0.05, 0) is 27.7 Å². The van der Waals surface area contributed by atoms with E-state index < -0.39 is 10.0 Å². The van der Waals surface area contributed by atoms with E-state index >= 15 is 0 Å². The van der Waals surface area contributed by atoms with Gasteiger partial charge in [-0.15, -0.1) is 11.3 Å². The molecule has 2 aromatic rings. The monoisotopic (exact) mass is 362 g/mol. The minimum Gasteiger partial charge on any atom is -0.255 e. The van der Waals surface area contributed by atoms with E-state index in [0.29, 0.717) is 5.69 Å². The molecule has 2 heterocycles. The Labute approximate surface area is 139 Å². The predicted molar refractivity (Wildman–Crippen MR) is 87.9 cm³/mol. The molecule has 0 fully saturated rings. The number of aromatic nitrogens is 3. The number of sulfonamides is 1. The molecule has 0 saturated carbocycles. The van der Waals surface area contributed by atoms with Crippen LogP contribution in [0.4, 0.5) is 0 Å². The van der Waals surface area contributed by atoms with Crippen LogP contribution >= 0.6 is 22.9 Å². The highest BCUT2D eigenvalue weighted by Crippen LogP contribution is 2.33. The quantitative estimate of drug-likeness (QED) is 0.838. The minimum atomic E-state index is -3.75. The molecule has 0 N–H and O–H groups in total. The van der Waals surface area contributed by atoms with Crippen LogP contribution in [0.15, 0.2) is 4.90 Å². The van der Waals surface area contributed by atoms with Crippen LogP contribution in [-0.2, 0) is 17.1 Å². The summed E-state index contributed by atoms with van der Waals surface area (Å²) in [5, 5.41) is 5.11. The van der Waals surface area contributed by atoms with E-state index in [1.807, 2.05) is 20.8 Å². The van der Waals surface area contributed by atoms with Gasteiger partial charge in [0.2, 0.25) is 10.0 Å². The summed E-state index contributed by atoms with van der Waals surface area (Å²) < 4.78 is 28.4. The Hall–Kier alpha value is -0.960. The third-order valence-corrected chi connectivity index (χ3v) is 7.14. The van der Waals surface area contributed by atoms with Crippen LogP contribution in [0.25, 0.3) is 0 Å². The van der Waals surface area contributed by atoms with Crippen LogP contribution in [0.3, 0.4) is 0 Å². The molecular formula is C13H19ClN4O2S2. The number of hydrogen-bond donors (Lipinski definition) is 0. The van der Waals surface area contributed by atoms with Crippen molar-refractivity contribution in [1.82, 2.24) is 19.1 Å². The van der Waals surface area contributed by atoms with Crippen molar-refractivity contribution in [3.8, 4) is 0 Å². The Morgan fingerprint density at radius 3 is 2.32 bits per heavy atom. The van der Waals surface area contributed by atoms with E-state index in [2.05, 4.69) is 10.1 Å². The second-order valence-corrected chi connectivity index (χ2v) is 8.90. The van der Waals surface area contributed by atoms with Crippen molar-refractivity contribution in [1.29, 1.82) is 0 Å². The summed E-state index contributed by atoms with van der Waals surface area (Å²) in [6, 6.07) is -0.384. The van der Waals surface area contributed by atoms with Gasteiger partial charge in [0.15, 0.2) is 0 Å². The molecule has 22 heavy (non-hydrogen) atoms. The summed E-state index contributed by atoms with van der Waals surface area (Å²) in [5.41, 5.74) is 1.16. The molecule has 122 valence electrons. The van der Waals surface area contributed by atoms with Crippen molar-refractivity contribution in [2.75, 3.05) is 7.05 Å². The van der Waals surface area contributed by atoms with Crippen LogP contribution in [0.2, 0.25) is 5.15 Å². The third-order valence-electron chi connectivity index (χ3n) is 3.62. The Kier molecular flexibility index (Phi) is 4.68. The molecule has 0 spiro atoms. The molecule has 0 aliphatic rings. The Balaban J connectivity index is 2.47. The molecule has 1 unspecified atom stereocenters. The lowest BCUT2D eigenvalue weighted by Gasteiger charge is -2.23. The fourth-order valence-electron chi connectivity index (χ4n) is 2.36. The lowest BCUT2D eigenvalue weighted by atomic mass is 10.2. The molecule has 0 aliphatic heterocycles. The van der Waals surface area contributed by atoms with Crippen molar-refractivity contribution >= 4 is 33.0 Å². The van der Waals surface area contributed by atoms with E-state index in [4.69, 9.17) is 11.6 Å². The fourth-order valence-corrected chi connectivity index (χ4v) is 5.30.